The molecule has 0 bridgehead atoms. The third-order valence-corrected chi connectivity index (χ3v) is 11.5. The van der Waals surface area contributed by atoms with E-state index in [2.05, 4.69) is 41.5 Å². The van der Waals surface area contributed by atoms with Crippen molar-refractivity contribution < 1.29 is 28.6 Å². The number of esters is 3. The van der Waals surface area contributed by atoms with Crippen molar-refractivity contribution in [3.05, 3.63) is 0 Å². The largest absolute Gasteiger partial charge is 0.462 e. The van der Waals surface area contributed by atoms with Gasteiger partial charge in [0.2, 0.25) is 0 Å². The zero-order valence-corrected chi connectivity index (χ0v) is 38.4. The first-order valence-electron chi connectivity index (χ1n) is 24.6. The van der Waals surface area contributed by atoms with Gasteiger partial charge in [0.05, 0.1) is 0 Å². The van der Waals surface area contributed by atoms with E-state index in [0.29, 0.717) is 19.3 Å². The third kappa shape index (κ3) is 42.0. The minimum absolute atomic E-state index is 0.0659. The molecular weight excluding hydrogens is 697 g/mol. The number of ether oxygens (including phenoxy) is 3. The standard InChI is InChI=1S/C50H96O6/c1-7-46(6)38-32-26-20-14-11-12-16-22-28-34-40-49(52)55-43-47(56-50(53)41-35-29-23-17-19-25-31-37-45(4)5)42-54-48(51)39-33-27-21-15-10-8-9-13-18-24-30-36-44(2)3/h44-47H,7-43H2,1-6H3/t46?,47-/m0/s1. The molecule has 0 N–H and O–H groups in total. The molecule has 0 saturated heterocycles. The average Bonchev–Trinajstić information content (AvgIpc) is 3.16. The smallest absolute Gasteiger partial charge is 0.306 e. The maximum Gasteiger partial charge on any atom is 0.306 e. The SMILES string of the molecule is CCC(C)CCCCCCCCCCCCC(=O)OC[C@H](COC(=O)CCCCCCCCCCCCCC(C)C)OC(=O)CCCCCCCCCC(C)C. The van der Waals surface area contributed by atoms with Crippen molar-refractivity contribution in [2.75, 3.05) is 13.2 Å². The summed E-state index contributed by atoms with van der Waals surface area (Å²) < 4.78 is 16.8. The van der Waals surface area contributed by atoms with Crippen LogP contribution in [0.15, 0.2) is 0 Å². The van der Waals surface area contributed by atoms with Crippen LogP contribution in [0.1, 0.15) is 266 Å². The van der Waals surface area contributed by atoms with Crippen LogP contribution in [0.25, 0.3) is 0 Å². The quantitative estimate of drug-likeness (QED) is 0.0348. The lowest BCUT2D eigenvalue weighted by atomic mass is 9.99. The van der Waals surface area contributed by atoms with Gasteiger partial charge in [-0.3, -0.25) is 14.4 Å². The Morgan fingerprint density at radius 2 is 0.625 bits per heavy atom. The Balaban J connectivity index is 4.31. The van der Waals surface area contributed by atoms with Gasteiger partial charge in [-0.25, -0.2) is 0 Å². The second kappa shape index (κ2) is 41.6. The second-order valence-corrected chi connectivity index (χ2v) is 18.3. The van der Waals surface area contributed by atoms with E-state index < -0.39 is 6.10 Å². The topological polar surface area (TPSA) is 78.9 Å². The highest BCUT2D eigenvalue weighted by atomic mass is 16.6. The van der Waals surface area contributed by atoms with Gasteiger partial charge in [-0.15, -0.1) is 0 Å². The van der Waals surface area contributed by atoms with Crippen LogP contribution in [0.3, 0.4) is 0 Å². The summed E-state index contributed by atoms with van der Waals surface area (Å²) in [7, 11) is 0. The van der Waals surface area contributed by atoms with Gasteiger partial charge in [0.1, 0.15) is 13.2 Å². The first-order chi connectivity index (χ1) is 27.1. The highest BCUT2D eigenvalue weighted by molar-refractivity contribution is 5.71. The van der Waals surface area contributed by atoms with Gasteiger partial charge in [0.15, 0.2) is 6.10 Å². The molecule has 0 radical (unpaired) electrons. The molecule has 0 fully saturated rings. The lowest BCUT2D eigenvalue weighted by Crippen LogP contribution is -2.30. The van der Waals surface area contributed by atoms with E-state index in [4.69, 9.17) is 14.2 Å². The van der Waals surface area contributed by atoms with E-state index in [0.717, 1.165) is 75.5 Å². The minimum Gasteiger partial charge on any atom is -0.462 e. The Morgan fingerprint density at radius 1 is 0.357 bits per heavy atom. The normalized spacial score (nSPS) is 12.6. The molecule has 0 aromatic rings. The van der Waals surface area contributed by atoms with Gasteiger partial charge >= 0.3 is 17.9 Å². The van der Waals surface area contributed by atoms with Gasteiger partial charge in [-0.05, 0) is 37.0 Å². The predicted molar refractivity (Wildman–Crippen MR) is 238 cm³/mol. The summed E-state index contributed by atoms with van der Waals surface area (Å²) in [5.41, 5.74) is 0. The zero-order valence-electron chi connectivity index (χ0n) is 38.4. The predicted octanol–water partition coefficient (Wildman–Crippen LogP) is 15.6. The summed E-state index contributed by atoms with van der Waals surface area (Å²) in [4.78, 5) is 37.8. The van der Waals surface area contributed by atoms with Crippen molar-refractivity contribution in [2.45, 2.75) is 272 Å². The Morgan fingerprint density at radius 3 is 0.929 bits per heavy atom. The van der Waals surface area contributed by atoms with E-state index >= 15 is 0 Å². The molecule has 6 nitrogen and oxygen atoms in total. The summed E-state index contributed by atoms with van der Waals surface area (Å²) >= 11 is 0. The molecule has 0 spiro atoms. The molecule has 0 saturated carbocycles. The summed E-state index contributed by atoms with van der Waals surface area (Å²) in [5.74, 6) is 1.61. The van der Waals surface area contributed by atoms with E-state index in [9.17, 15) is 14.4 Å². The number of hydrogen-bond donors (Lipinski definition) is 0. The molecule has 0 aromatic carbocycles. The fourth-order valence-electron chi connectivity index (χ4n) is 7.38. The first-order valence-corrected chi connectivity index (χ1v) is 24.6. The van der Waals surface area contributed by atoms with Crippen molar-refractivity contribution in [1.29, 1.82) is 0 Å². The summed E-state index contributed by atoms with van der Waals surface area (Å²) in [5, 5.41) is 0. The van der Waals surface area contributed by atoms with Crippen LogP contribution in [0.2, 0.25) is 0 Å². The Hall–Kier alpha value is -1.59. The monoisotopic (exact) mass is 793 g/mol. The number of hydrogen-bond acceptors (Lipinski definition) is 6. The maximum atomic E-state index is 12.7. The molecule has 2 atom stereocenters. The molecule has 332 valence electrons. The number of unbranched alkanes of at least 4 members (excludes halogenated alkanes) is 25. The van der Waals surface area contributed by atoms with Gasteiger partial charge in [-0.2, -0.15) is 0 Å². The van der Waals surface area contributed by atoms with Crippen LogP contribution in [0.4, 0.5) is 0 Å². The highest BCUT2D eigenvalue weighted by Gasteiger charge is 2.19. The fraction of sp³-hybridized carbons (Fsp3) is 0.940. The second-order valence-electron chi connectivity index (χ2n) is 18.3. The zero-order chi connectivity index (χ0) is 41.3. The Bertz CT molecular complexity index is 870. The average molecular weight is 793 g/mol. The molecular formula is C50H96O6. The Kier molecular flexibility index (Phi) is 40.4. The van der Waals surface area contributed by atoms with E-state index in [1.54, 1.807) is 0 Å². The van der Waals surface area contributed by atoms with Gasteiger partial charge in [0.25, 0.3) is 0 Å². The molecule has 0 heterocycles. The molecule has 0 amide bonds. The van der Waals surface area contributed by atoms with E-state index in [-0.39, 0.29) is 31.1 Å². The van der Waals surface area contributed by atoms with Gasteiger partial charge in [0, 0.05) is 19.3 Å². The van der Waals surface area contributed by atoms with Gasteiger partial charge in [-0.1, -0.05) is 228 Å². The molecule has 0 aliphatic heterocycles. The highest BCUT2D eigenvalue weighted by Crippen LogP contribution is 2.18. The van der Waals surface area contributed by atoms with Crippen LogP contribution in [-0.4, -0.2) is 37.2 Å². The fourth-order valence-corrected chi connectivity index (χ4v) is 7.38. The van der Waals surface area contributed by atoms with Crippen LogP contribution in [0.5, 0.6) is 0 Å². The molecule has 0 aliphatic rings. The molecule has 1 unspecified atom stereocenters. The van der Waals surface area contributed by atoms with Crippen molar-refractivity contribution in [3.8, 4) is 0 Å². The molecule has 0 aliphatic carbocycles. The number of rotatable bonds is 43. The minimum atomic E-state index is -0.762. The molecule has 0 aromatic heterocycles. The Labute approximate surface area is 348 Å². The first kappa shape index (κ1) is 54.4. The van der Waals surface area contributed by atoms with Crippen LogP contribution >= 0.6 is 0 Å². The summed E-state index contributed by atoms with van der Waals surface area (Å²) in [6.45, 7) is 13.7. The van der Waals surface area contributed by atoms with Crippen molar-refractivity contribution in [3.63, 3.8) is 0 Å². The lowest BCUT2D eigenvalue weighted by molar-refractivity contribution is -0.167. The maximum absolute atomic E-state index is 12.7. The number of carbonyl (C=O) groups excluding carboxylic acids is 3. The molecule has 6 heteroatoms. The molecule has 0 rings (SSSR count). The van der Waals surface area contributed by atoms with Crippen molar-refractivity contribution in [2.24, 2.45) is 17.8 Å². The van der Waals surface area contributed by atoms with Gasteiger partial charge < -0.3 is 14.2 Å². The van der Waals surface area contributed by atoms with Crippen LogP contribution in [-0.2, 0) is 28.6 Å². The van der Waals surface area contributed by atoms with Crippen molar-refractivity contribution >= 4 is 17.9 Å². The summed E-state index contributed by atoms with van der Waals surface area (Å²) in [6.07, 6.45) is 39.5. The summed E-state index contributed by atoms with van der Waals surface area (Å²) in [6, 6.07) is 0. The lowest BCUT2D eigenvalue weighted by Gasteiger charge is -2.18. The van der Waals surface area contributed by atoms with Crippen LogP contribution in [0, 0.1) is 17.8 Å². The van der Waals surface area contributed by atoms with Crippen LogP contribution < -0.4 is 0 Å². The van der Waals surface area contributed by atoms with Crippen molar-refractivity contribution in [1.82, 2.24) is 0 Å². The van der Waals surface area contributed by atoms with E-state index in [1.165, 1.54) is 148 Å². The number of carbonyl (C=O) groups is 3. The van der Waals surface area contributed by atoms with E-state index in [1.807, 2.05) is 0 Å². The molecule has 56 heavy (non-hydrogen) atoms. The third-order valence-electron chi connectivity index (χ3n) is 11.5.